The lowest BCUT2D eigenvalue weighted by Crippen LogP contribution is -2.62. The molecular formula is C30H37ClN6O4. The molecule has 1 N–H and O–H groups in total. The van der Waals surface area contributed by atoms with E-state index in [4.69, 9.17) is 16.3 Å². The minimum Gasteiger partial charge on any atom is -0.618 e. The quantitative estimate of drug-likeness (QED) is 0.272. The summed E-state index contributed by atoms with van der Waals surface area (Å²) in [5.41, 5.74) is 2.89. The predicted octanol–water partition coefficient (Wildman–Crippen LogP) is 3.49. The van der Waals surface area contributed by atoms with Crippen LogP contribution in [-0.4, -0.2) is 69.2 Å². The number of benzene rings is 1. The van der Waals surface area contributed by atoms with E-state index in [1.165, 1.54) is 6.20 Å². The number of amides is 2. The minimum absolute atomic E-state index is 0.142. The molecule has 0 radical (unpaired) electrons. The normalized spacial score (nSPS) is 19.2. The van der Waals surface area contributed by atoms with Gasteiger partial charge in [0.25, 0.3) is 0 Å². The zero-order valence-corrected chi connectivity index (χ0v) is 24.5. The summed E-state index contributed by atoms with van der Waals surface area (Å²) in [6.07, 6.45) is 8.54. The Kier molecular flexibility index (Phi) is 8.51. The average Bonchev–Trinajstić information content (AvgIpc) is 3.38. The maximum atomic E-state index is 13.9. The van der Waals surface area contributed by atoms with Gasteiger partial charge in [0.1, 0.15) is 17.7 Å². The van der Waals surface area contributed by atoms with Gasteiger partial charge in [-0.1, -0.05) is 17.7 Å². The van der Waals surface area contributed by atoms with Crippen molar-refractivity contribution >= 4 is 23.6 Å². The number of ether oxygens (including phenoxy) is 1. The molecule has 1 aliphatic carbocycles. The van der Waals surface area contributed by atoms with Gasteiger partial charge in [-0.15, -0.1) is 0 Å². The van der Waals surface area contributed by atoms with Crippen LogP contribution in [0, 0.1) is 5.21 Å². The maximum absolute atomic E-state index is 13.9. The third kappa shape index (κ3) is 6.65. The average molecular weight is 581 g/mol. The fraction of sp³-hybridized carbons (Fsp3) is 0.467. The van der Waals surface area contributed by atoms with Crippen molar-refractivity contribution in [3.8, 4) is 0 Å². The van der Waals surface area contributed by atoms with Crippen molar-refractivity contribution in [2.45, 2.75) is 64.3 Å². The lowest BCUT2D eigenvalue weighted by atomic mass is 9.94. The SMILES string of the molecule is CC(C)(C)OC(=O)N1CCN(C2c3ccc(Cl)cc3CCc3ccc[n+]([O-])c32)[C@@H](C(=O)NCCCn2ccnc2)C1. The Balaban J connectivity index is 1.47. The van der Waals surface area contributed by atoms with Crippen molar-refractivity contribution in [3.05, 3.63) is 87.9 Å². The number of nitrogens with zero attached hydrogens (tertiary/aromatic N) is 5. The summed E-state index contributed by atoms with van der Waals surface area (Å²) >= 11 is 6.39. The lowest BCUT2D eigenvalue weighted by molar-refractivity contribution is -0.617. The molecule has 0 bridgehead atoms. The molecule has 1 fully saturated rings. The molecular weight excluding hydrogens is 544 g/mol. The van der Waals surface area contributed by atoms with E-state index in [-0.39, 0.29) is 12.5 Å². The van der Waals surface area contributed by atoms with Gasteiger partial charge in [-0.2, -0.15) is 4.73 Å². The van der Waals surface area contributed by atoms with Crippen LogP contribution >= 0.6 is 11.6 Å². The molecule has 41 heavy (non-hydrogen) atoms. The molecule has 1 aromatic carbocycles. The Morgan fingerprint density at radius 2 is 2.00 bits per heavy atom. The van der Waals surface area contributed by atoms with Gasteiger partial charge >= 0.3 is 6.09 Å². The molecule has 2 aromatic heterocycles. The van der Waals surface area contributed by atoms with Crippen LogP contribution in [0.3, 0.4) is 0 Å². The molecule has 1 aliphatic heterocycles. The van der Waals surface area contributed by atoms with Gasteiger partial charge < -0.3 is 24.7 Å². The first-order valence-electron chi connectivity index (χ1n) is 14.1. The highest BCUT2D eigenvalue weighted by molar-refractivity contribution is 6.30. The van der Waals surface area contributed by atoms with E-state index >= 15 is 0 Å². The van der Waals surface area contributed by atoms with E-state index in [2.05, 4.69) is 15.2 Å². The number of fused-ring (bicyclic) bond motifs is 2. The number of hydrogen-bond acceptors (Lipinski definition) is 6. The molecule has 1 saturated heterocycles. The van der Waals surface area contributed by atoms with Crippen molar-refractivity contribution in [2.24, 2.45) is 0 Å². The fourth-order valence-electron chi connectivity index (χ4n) is 5.70. The van der Waals surface area contributed by atoms with E-state index in [0.717, 1.165) is 40.8 Å². The summed E-state index contributed by atoms with van der Waals surface area (Å²) in [5, 5.41) is 17.1. The van der Waals surface area contributed by atoms with Gasteiger partial charge in [-0.25, -0.2) is 9.78 Å². The third-order valence-electron chi connectivity index (χ3n) is 7.57. The Morgan fingerprint density at radius 1 is 1.20 bits per heavy atom. The van der Waals surface area contributed by atoms with Crippen LogP contribution in [-0.2, 0) is 28.9 Å². The number of nitrogens with one attached hydrogen (secondary N) is 1. The second-order valence-corrected chi connectivity index (χ2v) is 12.1. The second-order valence-electron chi connectivity index (χ2n) is 11.6. The van der Waals surface area contributed by atoms with Gasteiger partial charge in [-0.3, -0.25) is 9.69 Å². The van der Waals surface area contributed by atoms with E-state index in [1.54, 1.807) is 23.5 Å². The van der Waals surface area contributed by atoms with Crippen LogP contribution in [0.2, 0.25) is 5.02 Å². The molecule has 11 heteroatoms. The number of piperazine rings is 1. The first-order valence-corrected chi connectivity index (χ1v) is 14.4. The van der Waals surface area contributed by atoms with Crippen LogP contribution in [0.25, 0.3) is 0 Å². The Bertz CT molecular complexity index is 1390. The smallest absolute Gasteiger partial charge is 0.410 e. The largest absolute Gasteiger partial charge is 0.618 e. The highest BCUT2D eigenvalue weighted by atomic mass is 35.5. The summed E-state index contributed by atoms with van der Waals surface area (Å²) in [7, 11) is 0. The predicted molar refractivity (Wildman–Crippen MR) is 154 cm³/mol. The van der Waals surface area contributed by atoms with Gasteiger partial charge in [0.15, 0.2) is 6.20 Å². The molecule has 5 rings (SSSR count). The number of carbonyl (C=O) groups is 2. The zero-order chi connectivity index (χ0) is 29.1. The van der Waals surface area contributed by atoms with Crippen molar-refractivity contribution in [1.82, 2.24) is 24.7 Å². The first kappa shape index (κ1) is 28.9. The third-order valence-corrected chi connectivity index (χ3v) is 7.80. The summed E-state index contributed by atoms with van der Waals surface area (Å²) in [5.74, 6) is -0.196. The van der Waals surface area contributed by atoms with E-state index in [9.17, 15) is 14.8 Å². The summed E-state index contributed by atoms with van der Waals surface area (Å²) in [6.45, 7) is 7.53. The van der Waals surface area contributed by atoms with Gasteiger partial charge in [0.05, 0.1) is 6.33 Å². The lowest BCUT2D eigenvalue weighted by Gasteiger charge is -2.44. The number of aromatic nitrogens is 3. The van der Waals surface area contributed by atoms with Crippen molar-refractivity contribution in [2.75, 3.05) is 26.2 Å². The maximum Gasteiger partial charge on any atom is 0.410 e. The zero-order valence-electron chi connectivity index (χ0n) is 23.8. The highest BCUT2D eigenvalue weighted by Crippen LogP contribution is 2.38. The first-order chi connectivity index (χ1) is 19.6. The van der Waals surface area contributed by atoms with E-state index in [0.29, 0.717) is 36.8 Å². The molecule has 0 saturated carbocycles. The van der Waals surface area contributed by atoms with Gasteiger partial charge in [-0.05, 0) is 69.4 Å². The van der Waals surface area contributed by atoms with Crippen LogP contribution in [0.15, 0.2) is 55.2 Å². The Labute approximate surface area is 245 Å². The molecule has 2 amide bonds. The van der Waals surface area contributed by atoms with Gasteiger partial charge in [0.2, 0.25) is 11.6 Å². The van der Waals surface area contributed by atoms with Crippen LogP contribution in [0.5, 0.6) is 0 Å². The number of carbonyl (C=O) groups excluding carboxylic acids is 2. The number of rotatable bonds is 6. The standard InChI is InChI=1S/C30H37ClN6O4/c1-30(2,3)41-29(39)35-16-17-36(25(19-35)28(38)33-11-5-13-34-15-12-32-20-34)27-24-10-9-23(31)18-22(24)8-7-21-6-4-14-37(40)26(21)27/h4,6,9-10,12,14-15,18,20,25,27H,5,7-8,11,13,16-17,19H2,1-3H3,(H,33,38)/t25-,27?/m1/s1. The van der Waals surface area contributed by atoms with Crippen molar-refractivity contribution in [3.63, 3.8) is 0 Å². The minimum atomic E-state index is -0.704. The topological polar surface area (TPSA) is 107 Å². The summed E-state index contributed by atoms with van der Waals surface area (Å²) in [4.78, 5) is 34.7. The summed E-state index contributed by atoms with van der Waals surface area (Å²) < 4.78 is 8.53. The molecule has 2 atom stereocenters. The van der Waals surface area contributed by atoms with Crippen LogP contribution in [0.1, 0.15) is 55.6 Å². The molecule has 218 valence electrons. The molecule has 2 aliphatic rings. The van der Waals surface area contributed by atoms with Gasteiger partial charge in [0, 0.05) is 61.8 Å². The number of hydrogen-bond donors (Lipinski definition) is 1. The Hall–Kier alpha value is -3.63. The van der Waals surface area contributed by atoms with Crippen molar-refractivity contribution < 1.29 is 19.1 Å². The summed E-state index contributed by atoms with van der Waals surface area (Å²) in [6, 6.07) is 8.30. The van der Waals surface area contributed by atoms with E-state index in [1.807, 2.05) is 55.8 Å². The van der Waals surface area contributed by atoms with Crippen LogP contribution < -0.4 is 10.0 Å². The number of aryl methyl sites for hydroxylation is 3. The number of halogens is 1. The van der Waals surface area contributed by atoms with Crippen LogP contribution in [0.4, 0.5) is 4.79 Å². The molecule has 0 spiro atoms. The fourth-order valence-corrected chi connectivity index (χ4v) is 5.90. The monoisotopic (exact) mass is 580 g/mol. The highest BCUT2D eigenvalue weighted by Gasteiger charge is 2.44. The molecule has 1 unspecified atom stereocenters. The molecule has 10 nitrogen and oxygen atoms in total. The van der Waals surface area contributed by atoms with Crippen molar-refractivity contribution in [1.29, 1.82) is 0 Å². The molecule has 3 aromatic rings. The Morgan fingerprint density at radius 3 is 2.76 bits per heavy atom. The number of imidazole rings is 1. The number of pyridine rings is 1. The molecule has 3 heterocycles. The van der Waals surface area contributed by atoms with E-state index < -0.39 is 23.8 Å². The second kappa shape index (κ2) is 12.1.